The zero-order valence-electron chi connectivity index (χ0n) is 16.1. The van der Waals surface area contributed by atoms with Gasteiger partial charge < -0.3 is 15.7 Å². The van der Waals surface area contributed by atoms with Crippen LogP contribution in [0.4, 0.5) is 14.3 Å². The van der Waals surface area contributed by atoms with Crippen molar-refractivity contribution in [3.8, 4) is 0 Å². The lowest BCUT2D eigenvalue weighted by atomic mass is 10.0. The third kappa shape index (κ3) is 4.30. The summed E-state index contributed by atoms with van der Waals surface area (Å²) in [5, 5.41) is 15.1. The Balaban J connectivity index is 1.86. The molecule has 1 saturated heterocycles. The summed E-state index contributed by atoms with van der Waals surface area (Å²) in [6, 6.07) is 2.36. The number of carboxylic acid groups (broad SMARTS) is 1. The molecule has 1 aromatic heterocycles. The van der Waals surface area contributed by atoms with E-state index in [-0.39, 0.29) is 28.7 Å². The Morgan fingerprint density at radius 2 is 2.03 bits per heavy atom. The number of hydrogen-bond donors (Lipinski definition) is 3. The Bertz CT molecular complexity index is 1010. The number of aromatic nitrogens is 1. The lowest BCUT2D eigenvalue weighted by molar-refractivity contribution is -0.134. The van der Waals surface area contributed by atoms with E-state index in [0.717, 1.165) is 16.2 Å². The van der Waals surface area contributed by atoms with Crippen LogP contribution in [-0.4, -0.2) is 44.8 Å². The van der Waals surface area contributed by atoms with Crippen molar-refractivity contribution in [3.05, 3.63) is 46.7 Å². The molecule has 0 aliphatic carbocycles. The Kier molecular flexibility index (Phi) is 6.11. The number of carbonyl (C=O) groups excluding carboxylic acids is 3. The van der Waals surface area contributed by atoms with Gasteiger partial charge in [-0.05, 0) is 18.4 Å². The van der Waals surface area contributed by atoms with E-state index in [1.165, 1.54) is 23.6 Å². The predicted octanol–water partition coefficient (Wildman–Crippen LogP) is 2.63. The van der Waals surface area contributed by atoms with Gasteiger partial charge in [0.1, 0.15) is 17.9 Å². The van der Waals surface area contributed by atoms with Crippen LogP contribution in [0.25, 0.3) is 0 Å². The Labute approximate surface area is 174 Å². The minimum absolute atomic E-state index is 0.00748. The highest BCUT2D eigenvalue weighted by atomic mass is 32.1. The monoisotopic (exact) mass is 434 g/mol. The lowest BCUT2D eigenvalue weighted by Crippen LogP contribution is -2.48. The molecule has 158 valence electrons. The van der Waals surface area contributed by atoms with E-state index in [4.69, 9.17) is 5.11 Å². The van der Waals surface area contributed by atoms with Crippen molar-refractivity contribution in [2.45, 2.75) is 32.4 Å². The molecule has 9 nitrogen and oxygen atoms in total. The molecule has 1 aromatic carbocycles. The van der Waals surface area contributed by atoms with Gasteiger partial charge in [0, 0.05) is 10.9 Å². The largest absolute Gasteiger partial charge is 0.476 e. The number of thiazole rings is 1. The number of halogens is 1. The van der Waals surface area contributed by atoms with Crippen LogP contribution in [0.3, 0.4) is 0 Å². The number of amides is 4. The quantitative estimate of drug-likeness (QED) is 0.575. The molecule has 4 amide bonds. The molecule has 2 aromatic rings. The summed E-state index contributed by atoms with van der Waals surface area (Å²) in [5.74, 6) is -3.37. The summed E-state index contributed by atoms with van der Waals surface area (Å²) in [6.45, 7) is 3.64. The smallest absolute Gasteiger partial charge is 0.355 e. The van der Waals surface area contributed by atoms with Gasteiger partial charge in [-0.25, -0.2) is 23.9 Å². The molecular formula is C19H19FN4O5S. The van der Waals surface area contributed by atoms with Gasteiger partial charge in [-0.15, -0.1) is 11.3 Å². The van der Waals surface area contributed by atoms with Gasteiger partial charge in [-0.2, -0.15) is 0 Å². The summed E-state index contributed by atoms with van der Waals surface area (Å²) < 4.78 is 14.1. The topological polar surface area (TPSA) is 129 Å². The highest BCUT2D eigenvalue weighted by molar-refractivity contribution is 7.14. The number of rotatable bonds is 7. The highest BCUT2D eigenvalue weighted by Crippen LogP contribution is 2.28. The molecule has 0 bridgehead atoms. The van der Waals surface area contributed by atoms with E-state index in [1.807, 2.05) is 13.8 Å². The molecule has 0 spiro atoms. The fourth-order valence-corrected chi connectivity index (χ4v) is 3.79. The van der Waals surface area contributed by atoms with Crippen LogP contribution in [0.5, 0.6) is 0 Å². The normalized spacial score (nSPS) is 17.2. The van der Waals surface area contributed by atoms with E-state index < -0.39 is 41.7 Å². The van der Waals surface area contributed by atoms with Gasteiger partial charge >= 0.3 is 12.0 Å². The number of carbonyl (C=O) groups is 4. The number of imide groups is 1. The zero-order valence-corrected chi connectivity index (χ0v) is 16.9. The maximum absolute atomic E-state index is 14.1. The molecule has 3 rings (SSSR count). The summed E-state index contributed by atoms with van der Waals surface area (Å²) in [4.78, 5) is 53.9. The third-order valence-corrected chi connectivity index (χ3v) is 5.21. The number of benzene rings is 1. The fraction of sp³-hybridized carbons (Fsp3) is 0.316. The lowest BCUT2D eigenvalue weighted by Gasteiger charge is -2.25. The molecule has 11 heteroatoms. The van der Waals surface area contributed by atoms with E-state index in [0.29, 0.717) is 0 Å². The van der Waals surface area contributed by atoms with E-state index in [2.05, 4.69) is 15.6 Å². The fourth-order valence-electron chi connectivity index (χ4n) is 3.10. The molecule has 3 N–H and O–H groups in total. The summed E-state index contributed by atoms with van der Waals surface area (Å²) >= 11 is 0.909. The molecule has 1 fully saturated rings. The maximum Gasteiger partial charge on any atom is 0.355 e. The van der Waals surface area contributed by atoms with Crippen LogP contribution in [0.15, 0.2) is 29.6 Å². The van der Waals surface area contributed by atoms with Gasteiger partial charge in [-0.3, -0.25) is 9.59 Å². The van der Waals surface area contributed by atoms with Gasteiger partial charge in [0.25, 0.3) is 5.91 Å². The zero-order chi connectivity index (χ0) is 22.0. The van der Waals surface area contributed by atoms with Crippen LogP contribution in [0, 0.1) is 11.7 Å². The number of nitrogens with one attached hydrogen (secondary N) is 2. The van der Waals surface area contributed by atoms with Crippen molar-refractivity contribution in [3.63, 3.8) is 0 Å². The first-order chi connectivity index (χ1) is 14.2. The predicted molar refractivity (Wildman–Crippen MR) is 105 cm³/mol. The molecule has 2 unspecified atom stereocenters. The average molecular weight is 434 g/mol. The second-order valence-corrected chi connectivity index (χ2v) is 7.95. The summed E-state index contributed by atoms with van der Waals surface area (Å²) in [6.07, 6.45) is 0.159. The number of aromatic carboxylic acids is 1. The van der Waals surface area contributed by atoms with Crippen molar-refractivity contribution in [2.24, 2.45) is 5.92 Å². The molecule has 2 atom stereocenters. The third-order valence-electron chi connectivity index (χ3n) is 4.45. The molecule has 0 radical (unpaired) electrons. The molecule has 0 saturated carbocycles. The first kappa shape index (κ1) is 21.4. The SMILES string of the molecule is CC(C)CC(C(=O)Nc1nc(C(=O)O)cs1)N1C(=O)NC(c2ccccc2F)C1=O. The number of carboxylic acids is 1. The number of nitrogens with zero attached hydrogens (tertiary/aromatic N) is 2. The number of anilines is 1. The van der Waals surface area contributed by atoms with Gasteiger partial charge in [-0.1, -0.05) is 32.0 Å². The highest BCUT2D eigenvalue weighted by Gasteiger charge is 2.46. The summed E-state index contributed by atoms with van der Waals surface area (Å²) in [7, 11) is 0. The minimum atomic E-state index is -1.24. The maximum atomic E-state index is 14.1. The van der Waals surface area contributed by atoms with Crippen LogP contribution >= 0.6 is 11.3 Å². The average Bonchev–Trinajstić information content (AvgIpc) is 3.25. The van der Waals surface area contributed by atoms with Crippen molar-refractivity contribution in [2.75, 3.05) is 5.32 Å². The van der Waals surface area contributed by atoms with Crippen LogP contribution in [-0.2, 0) is 9.59 Å². The van der Waals surface area contributed by atoms with E-state index >= 15 is 0 Å². The second kappa shape index (κ2) is 8.57. The van der Waals surface area contributed by atoms with Gasteiger partial charge in [0.05, 0.1) is 0 Å². The van der Waals surface area contributed by atoms with Crippen molar-refractivity contribution >= 4 is 40.3 Å². The first-order valence-corrected chi connectivity index (χ1v) is 9.94. The number of urea groups is 1. The van der Waals surface area contributed by atoms with Crippen molar-refractivity contribution in [1.82, 2.24) is 15.2 Å². The first-order valence-electron chi connectivity index (χ1n) is 9.06. The molecule has 30 heavy (non-hydrogen) atoms. The molecule has 2 heterocycles. The second-order valence-electron chi connectivity index (χ2n) is 7.09. The van der Waals surface area contributed by atoms with Gasteiger partial charge in [0.2, 0.25) is 5.91 Å². The van der Waals surface area contributed by atoms with Crippen LogP contribution in [0.2, 0.25) is 0 Å². The molecule has 1 aliphatic heterocycles. The minimum Gasteiger partial charge on any atom is -0.476 e. The Hall–Kier alpha value is -3.34. The Morgan fingerprint density at radius 3 is 2.63 bits per heavy atom. The van der Waals surface area contributed by atoms with Gasteiger partial charge in [0.15, 0.2) is 10.8 Å². The van der Waals surface area contributed by atoms with Crippen LogP contribution < -0.4 is 10.6 Å². The standard InChI is InChI=1S/C19H19FN4O5S/c1-9(2)7-13(15(25)23-18-21-12(8-30-18)17(27)28)24-16(26)14(22-19(24)29)10-5-3-4-6-11(10)20/h3-6,8-9,13-14H,7H2,1-2H3,(H,22,29)(H,27,28)(H,21,23,25). The van der Waals surface area contributed by atoms with Crippen molar-refractivity contribution in [1.29, 1.82) is 0 Å². The Morgan fingerprint density at radius 1 is 1.33 bits per heavy atom. The summed E-state index contributed by atoms with van der Waals surface area (Å²) in [5.41, 5.74) is -0.224. The van der Waals surface area contributed by atoms with E-state index in [1.54, 1.807) is 6.07 Å². The van der Waals surface area contributed by atoms with Crippen LogP contribution in [0.1, 0.15) is 42.4 Å². The van der Waals surface area contributed by atoms with E-state index in [9.17, 15) is 23.6 Å². The van der Waals surface area contributed by atoms with Crippen molar-refractivity contribution < 1.29 is 28.7 Å². The molecule has 1 aliphatic rings. The molecular weight excluding hydrogens is 415 g/mol. The number of hydrogen-bond acceptors (Lipinski definition) is 6.